The number of ether oxygens (including phenoxy) is 1. The van der Waals surface area contributed by atoms with Crippen LogP contribution in [0.15, 0.2) is 47.4 Å². The molecule has 0 saturated carbocycles. The Labute approximate surface area is 121 Å². The minimum Gasteiger partial charge on any atom is -0.495 e. The van der Waals surface area contributed by atoms with Crippen LogP contribution in [0.25, 0.3) is 0 Å². The molecule has 0 radical (unpaired) electrons. The molecule has 0 aliphatic rings. The highest BCUT2D eigenvalue weighted by Gasteiger charge is 2.16. The van der Waals surface area contributed by atoms with Crippen molar-refractivity contribution in [3.05, 3.63) is 53.3 Å². The maximum absolute atomic E-state index is 13.0. The summed E-state index contributed by atoms with van der Waals surface area (Å²) in [6, 6.07) is 9.24. The molecule has 0 spiro atoms. The van der Waals surface area contributed by atoms with E-state index < -0.39 is 15.8 Å². The number of hydrogen-bond donors (Lipinski definition) is 1. The normalized spacial score (nSPS) is 11.2. The lowest BCUT2D eigenvalue weighted by atomic mass is 10.3. The van der Waals surface area contributed by atoms with E-state index in [1.807, 2.05) is 0 Å². The first-order chi connectivity index (χ1) is 9.42. The van der Waals surface area contributed by atoms with Gasteiger partial charge in [-0.1, -0.05) is 17.7 Å². The van der Waals surface area contributed by atoms with Crippen LogP contribution in [-0.4, -0.2) is 15.5 Å². The number of halogens is 2. The number of sulfonamides is 1. The van der Waals surface area contributed by atoms with Gasteiger partial charge in [0, 0.05) is 0 Å². The van der Waals surface area contributed by atoms with Gasteiger partial charge in [0.2, 0.25) is 0 Å². The van der Waals surface area contributed by atoms with E-state index in [9.17, 15) is 12.8 Å². The fraction of sp³-hybridized carbons (Fsp3) is 0.0769. The zero-order valence-electron chi connectivity index (χ0n) is 10.4. The monoisotopic (exact) mass is 315 g/mol. The lowest BCUT2D eigenvalue weighted by Crippen LogP contribution is -2.13. The molecule has 2 aromatic carbocycles. The molecule has 0 saturated heterocycles. The summed E-state index contributed by atoms with van der Waals surface area (Å²) in [5, 5.41) is 0.176. The quantitative estimate of drug-likeness (QED) is 0.942. The van der Waals surface area contributed by atoms with E-state index in [2.05, 4.69) is 4.72 Å². The van der Waals surface area contributed by atoms with Gasteiger partial charge in [0.25, 0.3) is 10.0 Å². The van der Waals surface area contributed by atoms with E-state index in [1.165, 1.54) is 43.5 Å². The van der Waals surface area contributed by atoms with E-state index in [-0.39, 0.29) is 15.6 Å². The van der Waals surface area contributed by atoms with Crippen LogP contribution in [0.3, 0.4) is 0 Å². The second-order valence-corrected chi connectivity index (χ2v) is 6.00. The minimum atomic E-state index is -3.83. The van der Waals surface area contributed by atoms with Crippen molar-refractivity contribution in [2.45, 2.75) is 4.90 Å². The van der Waals surface area contributed by atoms with Gasteiger partial charge < -0.3 is 4.74 Å². The molecule has 20 heavy (non-hydrogen) atoms. The van der Waals surface area contributed by atoms with Crippen LogP contribution >= 0.6 is 11.6 Å². The molecule has 2 aromatic rings. The summed E-state index contributed by atoms with van der Waals surface area (Å²) in [5.41, 5.74) is 0.136. The molecule has 0 aromatic heterocycles. The number of hydrogen-bond acceptors (Lipinski definition) is 3. The van der Waals surface area contributed by atoms with Crippen LogP contribution in [0.4, 0.5) is 10.1 Å². The van der Waals surface area contributed by atoms with Crippen molar-refractivity contribution in [3.63, 3.8) is 0 Å². The standard InChI is InChI=1S/C13H11ClFNO3S/c1-19-13-6-5-11(8-12(13)14)20(17,18)16-10-4-2-3-9(15)7-10/h2-8,16H,1H3. The number of methoxy groups -OCH3 is 1. The van der Waals surface area contributed by atoms with Gasteiger partial charge in [-0.05, 0) is 36.4 Å². The van der Waals surface area contributed by atoms with Crippen LogP contribution in [0.1, 0.15) is 0 Å². The molecule has 0 amide bonds. The van der Waals surface area contributed by atoms with Gasteiger partial charge in [-0.3, -0.25) is 4.72 Å². The molecule has 4 nitrogen and oxygen atoms in total. The topological polar surface area (TPSA) is 55.4 Å². The maximum Gasteiger partial charge on any atom is 0.261 e. The van der Waals surface area contributed by atoms with Crippen molar-refractivity contribution in [1.29, 1.82) is 0 Å². The predicted molar refractivity (Wildman–Crippen MR) is 75.2 cm³/mol. The molecule has 0 heterocycles. The largest absolute Gasteiger partial charge is 0.495 e. The van der Waals surface area contributed by atoms with Crippen molar-refractivity contribution < 1.29 is 17.5 Å². The lowest BCUT2D eigenvalue weighted by Gasteiger charge is -2.09. The SMILES string of the molecule is COc1ccc(S(=O)(=O)Nc2cccc(F)c2)cc1Cl. The Balaban J connectivity index is 2.33. The van der Waals surface area contributed by atoms with Crippen molar-refractivity contribution in [3.8, 4) is 5.75 Å². The molecule has 0 bridgehead atoms. The van der Waals surface area contributed by atoms with Crippen LogP contribution in [-0.2, 0) is 10.0 Å². The van der Waals surface area contributed by atoms with Gasteiger partial charge in [-0.2, -0.15) is 0 Å². The summed E-state index contributed by atoms with van der Waals surface area (Å²) < 4.78 is 44.5. The Morgan fingerprint density at radius 3 is 2.55 bits per heavy atom. The zero-order chi connectivity index (χ0) is 14.8. The number of rotatable bonds is 4. The van der Waals surface area contributed by atoms with Crippen LogP contribution in [0.5, 0.6) is 5.75 Å². The average Bonchev–Trinajstić information content (AvgIpc) is 2.38. The third-order valence-corrected chi connectivity index (χ3v) is 4.18. The Morgan fingerprint density at radius 1 is 1.20 bits per heavy atom. The molecular weight excluding hydrogens is 305 g/mol. The third kappa shape index (κ3) is 3.20. The first kappa shape index (κ1) is 14.6. The molecular formula is C13H11ClFNO3S. The van der Waals surface area contributed by atoms with E-state index in [1.54, 1.807) is 0 Å². The molecule has 106 valence electrons. The van der Waals surface area contributed by atoms with E-state index in [4.69, 9.17) is 16.3 Å². The Kier molecular flexibility index (Phi) is 4.15. The maximum atomic E-state index is 13.0. The fourth-order valence-electron chi connectivity index (χ4n) is 1.58. The van der Waals surface area contributed by atoms with Crippen molar-refractivity contribution in [1.82, 2.24) is 0 Å². The summed E-state index contributed by atoms with van der Waals surface area (Å²) in [7, 11) is -2.40. The van der Waals surface area contributed by atoms with Crippen molar-refractivity contribution in [2.75, 3.05) is 11.8 Å². The second kappa shape index (κ2) is 5.68. The average molecular weight is 316 g/mol. The number of anilines is 1. The third-order valence-electron chi connectivity index (χ3n) is 2.51. The molecule has 1 N–H and O–H groups in total. The summed E-state index contributed by atoms with van der Waals surface area (Å²) >= 11 is 5.89. The van der Waals surface area contributed by atoms with Gasteiger partial charge >= 0.3 is 0 Å². The van der Waals surface area contributed by atoms with E-state index in [0.29, 0.717) is 5.75 Å². The summed E-state index contributed by atoms with van der Waals surface area (Å²) in [6.07, 6.45) is 0. The highest BCUT2D eigenvalue weighted by atomic mass is 35.5. The number of nitrogens with one attached hydrogen (secondary N) is 1. The van der Waals surface area contributed by atoms with E-state index >= 15 is 0 Å². The molecule has 0 aliphatic heterocycles. The predicted octanol–water partition coefficient (Wildman–Crippen LogP) is 3.29. The lowest BCUT2D eigenvalue weighted by molar-refractivity contribution is 0.414. The fourth-order valence-corrected chi connectivity index (χ4v) is 2.98. The highest BCUT2D eigenvalue weighted by Crippen LogP contribution is 2.27. The summed E-state index contributed by atoms with van der Waals surface area (Å²) in [4.78, 5) is -0.0347. The summed E-state index contributed by atoms with van der Waals surface area (Å²) in [5.74, 6) is -0.158. The highest BCUT2D eigenvalue weighted by molar-refractivity contribution is 7.92. The molecule has 0 aliphatic carbocycles. The minimum absolute atomic E-state index is 0.0347. The molecule has 0 unspecified atom stereocenters. The van der Waals surface area contributed by atoms with Gasteiger partial charge in [0.15, 0.2) is 0 Å². The van der Waals surface area contributed by atoms with Crippen LogP contribution in [0.2, 0.25) is 5.02 Å². The van der Waals surface area contributed by atoms with Crippen molar-refractivity contribution in [2.24, 2.45) is 0 Å². The molecule has 2 rings (SSSR count). The van der Waals surface area contributed by atoms with E-state index in [0.717, 1.165) is 6.07 Å². The first-order valence-electron chi connectivity index (χ1n) is 5.54. The van der Waals surface area contributed by atoms with Crippen LogP contribution in [0, 0.1) is 5.82 Å². The molecule has 0 fully saturated rings. The zero-order valence-corrected chi connectivity index (χ0v) is 12.0. The van der Waals surface area contributed by atoms with Gasteiger partial charge in [0.05, 0.1) is 22.7 Å². The van der Waals surface area contributed by atoms with Gasteiger partial charge in [-0.25, -0.2) is 12.8 Å². The second-order valence-electron chi connectivity index (χ2n) is 3.91. The Bertz CT molecular complexity index is 734. The first-order valence-corrected chi connectivity index (χ1v) is 7.40. The van der Waals surface area contributed by atoms with Gasteiger partial charge in [0.1, 0.15) is 11.6 Å². The molecule has 0 atom stereocenters. The van der Waals surface area contributed by atoms with Crippen molar-refractivity contribution >= 4 is 27.3 Å². The smallest absolute Gasteiger partial charge is 0.261 e. The summed E-state index contributed by atoms with van der Waals surface area (Å²) in [6.45, 7) is 0. The Morgan fingerprint density at radius 2 is 1.95 bits per heavy atom. The molecule has 7 heteroatoms. The Hall–Kier alpha value is -1.79. The number of benzene rings is 2. The van der Waals surface area contributed by atoms with Crippen LogP contribution < -0.4 is 9.46 Å². The van der Waals surface area contributed by atoms with Gasteiger partial charge in [-0.15, -0.1) is 0 Å².